The van der Waals surface area contributed by atoms with Crippen LogP contribution < -0.4 is 10.1 Å². The van der Waals surface area contributed by atoms with E-state index in [1.807, 2.05) is 18.2 Å². The second-order valence-electron chi connectivity index (χ2n) is 6.60. The molecule has 1 heterocycles. The van der Waals surface area contributed by atoms with Crippen molar-refractivity contribution in [2.75, 3.05) is 11.9 Å². The average molecular weight is 323 g/mol. The Hall–Kier alpha value is -2.29. The normalized spacial score (nSPS) is 16.0. The Labute approximate surface area is 144 Å². The van der Waals surface area contributed by atoms with Crippen molar-refractivity contribution in [2.45, 2.75) is 46.0 Å². The van der Waals surface area contributed by atoms with Gasteiger partial charge in [-0.3, -0.25) is 4.79 Å². The number of fused-ring (bicyclic) bond motifs is 1. The molecule has 1 atom stereocenters. The van der Waals surface area contributed by atoms with Crippen LogP contribution >= 0.6 is 0 Å². The Morgan fingerprint density at radius 1 is 1.17 bits per heavy atom. The quantitative estimate of drug-likeness (QED) is 0.778. The van der Waals surface area contributed by atoms with Crippen molar-refractivity contribution >= 4 is 11.6 Å². The number of carbonyl (C=O) groups excluding carboxylic acids is 1. The summed E-state index contributed by atoms with van der Waals surface area (Å²) in [5.41, 5.74) is 5.52. The molecule has 1 N–H and O–H groups in total. The number of hydrogen-bond acceptors (Lipinski definition) is 2. The van der Waals surface area contributed by atoms with Crippen LogP contribution in [0.4, 0.5) is 5.69 Å². The third-order valence-corrected chi connectivity index (χ3v) is 4.60. The van der Waals surface area contributed by atoms with Crippen LogP contribution in [0, 0.1) is 13.8 Å². The van der Waals surface area contributed by atoms with Crippen LogP contribution in [0.1, 0.15) is 47.9 Å². The van der Waals surface area contributed by atoms with Crippen molar-refractivity contribution < 1.29 is 9.53 Å². The molecule has 1 aliphatic heterocycles. The number of benzene rings is 2. The molecule has 0 bridgehead atoms. The largest absolute Gasteiger partial charge is 0.493 e. The van der Waals surface area contributed by atoms with Crippen molar-refractivity contribution in [1.82, 2.24) is 0 Å². The summed E-state index contributed by atoms with van der Waals surface area (Å²) in [6.45, 7) is 7.00. The number of unbranched alkanes of at least 4 members (excludes halogenated alkanes) is 1. The van der Waals surface area contributed by atoms with Gasteiger partial charge in [-0.1, -0.05) is 49.2 Å². The first-order chi connectivity index (χ1) is 11.6. The van der Waals surface area contributed by atoms with Crippen LogP contribution in [0.5, 0.6) is 5.75 Å². The summed E-state index contributed by atoms with van der Waals surface area (Å²) in [5, 5.41) is 3.06. The third kappa shape index (κ3) is 3.30. The van der Waals surface area contributed by atoms with Crippen LogP contribution in [-0.4, -0.2) is 12.5 Å². The molecule has 3 rings (SSSR count). The minimum Gasteiger partial charge on any atom is -0.493 e. The lowest BCUT2D eigenvalue weighted by molar-refractivity contribution is -0.117. The Balaban J connectivity index is 1.86. The number of aryl methyl sites for hydroxylation is 2. The smallest absolute Gasteiger partial charge is 0.232 e. The summed E-state index contributed by atoms with van der Waals surface area (Å²) in [4.78, 5) is 12.5. The SMILES string of the molecule is CCCCOc1ccccc1C[C@H]1C(=O)Nc2c(C)cc(C)cc21. The van der Waals surface area contributed by atoms with Gasteiger partial charge >= 0.3 is 0 Å². The summed E-state index contributed by atoms with van der Waals surface area (Å²) in [6, 6.07) is 12.3. The number of ether oxygens (including phenoxy) is 1. The lowest BCUT2D eigenvalue weighted by Crippen LogP contribution is -2.15. The van der Waals surface area contributed by atoms with E-state index in [0.29, 0.717) is 6.42 Å². The second kappa shape index (κ2) is 7.08. The number of hydrogen-bond donors (Lipinski definition) is 1. The number of para-hydroxylation sites is 1. The van der Waals surface area contributed by atoms with E-state index in [9.17, 15) is 4.79 Å². The zero-order chi connectivity index (χ0) is 17.1. The molecule has 3 heteroatoms. The lowest BCUT2D eigenvalue weighted by Gasteiger charge is -2.14. The Kier molecular flexibility index (Phi) is 4.89. The van der Waals surface area contributed by atoms with Gasteiger partial charge in [-0.2, -0.15) is 0 Å². The van der Waals surface area contributed by atoms with Gasteiger partial charge in [0.05, 0.1) is 12.5 Å². The van der Waals surface area contributed by atoms with Crippen LogP contribution in [0.15, 0.2) is 36.4 Å². The summed E-state index contributed by atoms with van der Waals surface area (Å²) in [7, 11) is 0. The van der Waals surface area contributed by atoms with Gasteiger partial charge in [0.1, 0.15) is 5.75 Å². The molecule has 3 nitrogen and oxygen atoms in total. The molecule has 0 fully saturated rings. The number of amides is 1. The van der Waals surface area contributed by atoms with Gasteiger partial charge in [0, 0.05) is 5.69 Å². The Bertz CT molecular complexity index is 751. The molecule has 0 saturated heterocycles. The van der Waals surface area contributed by atoms with Crippen LogP contribution in [-0.2, 0) is 11.2 Å². The first-order valence-electron chi connectivity index (χ1n) is 8.73. The minimum absolute atomic E-state index is 0.0852. The molecule has 0 spiro atoms. The van der Waals surface area contributed by atoms with Crippen molar-refractivity contribution in [3.05, 3.63) is 58.7 Å². The highest BCUT2D eigenvalue weighted by molar-refractivity contribution is 6.04. The second-order valence-corrected chi connectivity index (χ2v) is 6.60. The standard InChI is InChI=1S/C21H25NO2/c1-4-5-10-24-19-9-7-6-8-16(19)13-18-17-12-14(2)11-15(3)20(17)22-21(18)23/h6-9,11-12,18H,4-5,10,13H2,1-3H3,(H,22,23)/t18-/m1/s1. The van der Waals surface area contributed by atoms with Crippen molar-refractivity contribution in [1.29, 1.82) is 0 Å². The Morgan fingerprint density at radius 2 is 1.96 bits per heavy atom. The maximum absolute atomic E-state index is 12.5. The highest BCUT2D eigenvalue weighted by Gasteiger charge is 2.32. The van der Waals surface area contributed by atoms with Crippen molar-refractivity contribution in [2.24, 2.45) is 0 Å². The van der Waals surface area contributed by atoms with E-state index in [0.717, 1.165) is 47.6 Å². The Morgan fingerprint density at radius 3 is 2.75 bits per heavy atom. The molecule has 1 aliphatic rings. The van der Waals surface area contributed by atoms with Crippen molar-refractivity contribution in [3.63, 3.8) is 0 Å². The van der Waals surface area contributed by atoms with Gasteiger partial charge in [-0.15, -0.1) is 0 Å². The van der Waals surface area contributed by atoms with Gasteiger partial charge in [0.15, 0.2) is 0 Å². The number of nitrogens with one attached hydrogen (secondary N) is 1. The summed E-state index contributed by atoms with van der Waals surface area (Å²) in [5.74, 6) is 0.841. The molecule has 126 valence electrons. The highest BCUT2D eigenvalue weighted by Crippen LogP contribution is 2.39. The zero-order valence-corrected chi connectivity index (χ0v) is 14.7. The predicted octanol–water partition coefficient (Wildman–Crippen LogP) is 4.76. The average Bonchev–Trinajstić information content (AvgIpc) is 2.86. The van der Waals surface area contributed by atoms with E-state index in [2.05, 4.69) is 44.3 Å². The van der Waals surface area contributed by atoms with Gasteiger partial charge in [-0.05, 0) is 49.4 Å². The van der Waals surface area contributed by atoms with Crippen LogP contribution in [0.3, 0.4) is 0 Å². The number of rotatable bonds is 6. The van der Waals surface area contributed by atoms with Crippen molar-refractivity contribution in [3.8, 4) is 5.75 Å². The molecule has 0 saturated carbocycles. The van der Waals surface area contributed by atoms with E-state index >= 15 is 0 Å². The summed E-state index contributed by atoms with van der Waals surface area (Å²) in [6.07, 6.45) is 2.82. The van der Waals surface area contributed by atoms with E-state index in [-0.39, 0.29) is 11.8 Å². The van der Waals surface area contributed by atoms with Crippen LogP contribution in [0.25, 0.3) is 0 Å². The van der Waals surface area contributed by atoms with E-state index in [1.165, 1.54) is 5.56 Å². The van der Waals surface area contributed by atoms with Crippen LogP contribution in [0.2, 0.25) is 0 Å². The molecule has 0 aliphatic carbocycles. The van der Waals surface area contributed by atoms with E-state index in [4.69, 9.17) is 4.74 Å². The van der Waals surface area contributed by atoms with E-state index in [1.54, 1.807) is 0 Å². The molecular formula is C21H25NO2. The fourth-order valence-electron chi connectivity index (χ4n) is 3.36. The fraction of sp³-hybridized carbons (Fsp3) is 0.381. The number of anilines is 1. The summed E-state index contributed by atoms with van der Waals surface area (Å²) >= 11 is 0. The number of carbonyl (C=O) groups is 1. The fourth-order valence-corrected chi connectivity index (χ4v) is 3.36. The monoisotopic (exact) mass is 323 g/mol. The molecule has 1 amide bonds. The topological polar surface area (TPSA) is 38.3 Å². The van der Waals surface area contributed by atoms with Gasteiger partial charge < -0.3 is 10.1 Å². The first kappa shape index (κ1) is 16.6. The van der Waals surface area contributed by atoms with Gasteiger partial charge in [0.25, 0.3) is 0 Å². The highest BCUT2D eigenvalue weighted by atomic mass is 16.5. The zero-order valence-electron chi connectivity index (χ0n) is 14.7. The maximum atomic E-state index is 12.5. The first-order valence-corrected chi connectivity index (χ1v) is 8.73. The minimum atomic E-state index is -0.144. The lowest BCUT2D eigenvalue weighted by atomic mass is 9.91. The molecule has 0 unspecified atom stereocenters. The molecule has 0 radical (unpaired) electrons. The molecule has 2 aromatic rings. The van der Waals surface area contributed by atoms with E-state index < -0.39 is 0 Å². The molecule has 0 aromatic heterocycles. The summed E-state index contributed by atoms with van der Waals surface area (Å²) < 4.78 is 5.93. The molecule has 2 aromatic carbocycles. The maximum Gasteiger partial charge on any atom is 0.232 e. The molecule has 24 heavy (non-hydrogen) atoms. The van der Waals surface area contributed by atoms with Gasteiger partial charge in [-0.25, -0.2) is 0 Å². The van der Waals surface area contributed by atoms with Gasteiger partial charge in [0.2, 0.25) is 5.91 Å². The third-order valence-electron chi connectivity index (χ3n) is 4.60. The predicted molar refractivity (Wildman–Crippen MR) is 97.8 cm³/mol. The molecular weight excluding hydrogens is 298 g/mol.